The van der Waals surface area contributed by atoms with E-state index in [0.717, 1.165) is 30.1 Å². The molecular formula is C14H16N4O. The van der Waals surface area contributed by atoms with Gasteiger partial charge in [-0.25, -0.2) is 0 Å². The average molecular weight is 256 g/mol. The molecule has 0 aliphatic rings. The predicted molar refractivity (Wildman–Crippen MR) is 73.4 cm³/mol. The Labute approximate surface area is 111 Å². The van der Waals surface area contributed by atoms with E-state index in [1.165, 1.54) is 5.39 Å². The fraction of sp³-hybridized carbons (Fsp3) is 0.286. The third kappa shape index (κ3) is 2.07. The molecule has 0 radical (unpaired) electrons. The summed E-state index contributed by atoms with van der Waals surface area (Å²) in [4.78, 5) is 3.17. The van der Waals surface area contributed by atoms with Gasteiger partial charge in [-0.15, -0.1) is 5.10 Å². The summed E-state index contributed by atoms with van der Waals surface area (Å²) in [6.07, 6.45) is 2.76. The first kappa shape index (κ1) is 11.8. The maximum absolute atomic E-state index is 5.83. The number of hydrogen-bond acceptors (Lipinski definition) is 3. The molecule has 0 saturated carbocycles. The monoisotopic (exact) mass is 256 g/mol. The molecule has 98 valence electrons. The normalized spacial score (nSPS) is 11.1. The maximum atomic E-state index is 5.83. The number of nitrogens with zero attached hydrogens (tertiary/aromatic N) is 3. The number of nitrogens with one attached hydrogen (secondary N) is 1. The van der Waals surface area contributed by atoms with Gasteiger partial charge in [0.05, 0.1) is 0 Å². The lowest BCUT2D eigenvalue weighted by Gasteiger charge is -2.07. The number of hydrogen-bond donors (Lipinski definition) is 1. The molecule has 0 atom stereocenters. The highest BCUT2D eigenvalue weighted by molar-refractivity contribution is 5.80. The first-order valence-corrected chi connectivity index (χ1v) is 6.49. The predicted octanol–water partition coefficient (Wildman–Crippen LogP) is 3.13. The van der Waals surface area contributed by atoms with Crippen LogP contribution >= 0.6 is 0 Å². The molecule has 0 bridgehead atoms. The molecule has 3 rings (SSSR count). The van der Waals surface area contributed by atoms with Gasteiger partial charge in [-0.3, -0.25) is 4.57 Å². The maximum Gasteiger partial charge on any atom is 0.322 e. The van der Waals surface area contributed by atoms with Crippen LogP contribution in [-0.4, -0.2) is 19.7 Å². The van der Waals surface area contributed by atoms with E-state index < -0.39 is 0 Å². The van der Waals surface area contributed by atoms with Gasteiger partial charge in [-0.2, -0.15) is 0 Å². The summed E-state index contributed by atoms with van der Waals surface area (Å²) >= 11 is 0. The van der Waals surface area contributed by atoms with Gasteiger partial charge in [0.1, 0.15) is 11.6 Å². The second-order valence-electron chi connectivity index (χ2n) is 4.33. The van der Waals surface area contributed by atoms with Gasteiger partial charge in [0.25, 0.3) is 0 Å². The number of aromatic amines is 1. The summed E-state index contributed by atoms with van der Waals surface area (Å²) in [5.74, 6) is 1.71. The molecule has 0 spiro atoms. The standard InChI is InChI=1S/C14H16N4O/c1-3-13-16-17-14(18(13)4-2)19-11-6-5-10-7-8-15-12(10)9-11/h5-9,15H,3-4H2,1-2H3. The second-order valence-corrected chi connectivity index (χ2v) is 4.33. The van der Waals surface area contributed by atoms with Crippen molar-refractivity contribution in [2.24, 2.45) is 0 Å². The Bertz CT molecular complexity index is 698. The third-order valence-corrected chi connectivity index (χ3v) is 3.16. The number of rotatable bonds is 4. The van der Waals surface area contributed by atoms with E-state index in [1.807, 2.05) is 35.0 Å². The van der Waals surface area contributed by atoms with Gasteiger partial charge in [0.15, 0.2) is 0 Å². The van der Waals surface area contributed by atoms with Gasteiger partial charge in [0, 0.05) is 30.7 Å². The summed E-state index contributed by atoms with van der Waals surface area (Å²) < 4.78 is 7.81. The summed E-state index contributed by atoms with van der Waals surface area (Å²) in [6.45, 7) is 4.92. The molecule has 1 N–H and O–H groups in total. The quantitative estimate of drug-likeness (QED) is 0.780. The van der Waals surface area contributed by atoms with E-state index in [4.69, 9.17) is 4.74 Å². The largest absolute Gasteiger partial charge is 0.424 e. The molecule has 3 aromatic rings. The Kier molecular flexibility index (Phi) is 2.95. The first-order chi connectivity index (χ1) is 9.31. The van der Waals surface area contributed by atoms with E-state index in [0.29, 0.717) is 6.01 Å². The lowest BCUT2D eigenvalue weighted by atomic mass is 10.2. The lowest BCUT2D eigenvalue weighted by molar-refractivity contribution is 0.411. The highest BCUT2D eigenvalue weighted by Crippen LogP contribution is 2.24. The minimum absolute atomic E-state index is 0.547. The Hall–Kier alpha value is -2.30. The van der Waals surface area contributed by atoms with Crippen LogP contribution in [0.1, 0.15) is 19.7 Å². The van der Waals surface area contributed by atoms with Crippen LogP contribution in [-0.2, 0) is 13.0 Å². The zero-order chi connectivity index (χ0) is 13.2. The van der Waals surface area contributed by atoms with Crippen molar-refractivity contribution in [3.8, 4) is 11.8 Å². The SMILES string of the molecule is CCc1nnc(Oc2ccc3cc[nH]c3c2)n1CC. The zero-order valence-corrected chi connectivity index (χ0v) is 11.1. The van der Waals surface area contributed by atoms with Gasteiger partial charge in [-0.05, 0) is 30.5 Å². The molecule has 5 nitrogen and oxygen atoms in total. The van der Waals surface area contributed by atoms with Crippen LogP contribution in [0.4, 0.5) is 0 Å². The lowest BCUT2D eigenvalue weighted by Crippen LogP contribution is -2.02. The van der Waals surface area contributed by atoms with Crippen molar-refractivity contribution in [1.82, 2.24) is 19.7 Å². The Balaban J connectivity index is 1.93. The van der Waals surface area contributed by atoms with E-state index >= 15 is 0 Å². The Morgan fingerprint density at radius 2 is 2.11 bits per heavy atom. The number of ether oxygens (including phenoxy) is 1. The van der Waals surface area contributed by atoms with Crippen molar-refractivity contribution in [3.05, 3.63) is 36.3 Å². The van der Waals surface area contributed by atoms with E-state index in [-0.39, 0.29) is 0 Å². The van der Waals surface area contributed by atoms with Gasteiger partial charge in [0.2, 0.25) is 0 Å². The van der Waals surface area contributed by atoms with Crippen LogP contribution in [0.3, 0.4) is 0 Å². The van der Waals surface area contributed by atoms with Gasteiger partial charge < -0.3 is 9.72 Å². The third-order valence-electron chi connectivity index (χ3n) is 3.16. The minimum atomic E-state index is 0.547. The van der Waals surface area contributed by atoms with Crippen LogP contribution < -0.4 is 4.74 Å². The number of benzene rings is 1. The highest BCUT2D eigenvalue weighted by atomic mass is 16.5. The molecule has 1 aromatic carbocycles. The molecule has 2 heterocycles. The fourth-order valence-corrected chi connectivity index (χ4v) is 2.17. The molecule has 0 amide bonds. The minimum Gasteiger partial charge on any atom is -0.424 e. The first-order valence-electron chi connectivity index (χ1n) is 6.49. The topological polar surface area (TPSA) is 55.7 Å². The molecule has 0 fully saturated rings. The number of fused-ring (bicyclic) bond motifs is 1. The second kappa shape index (κ2) is 4.76. The number of aromatic nitrogens is 4. The average Bonchev–Trinajstić information content (AvgIpc) is 3.04. The summed E-state index contributed by atoms with van der Waals surface area (Å²) in [6, 6.07) is 8.51. The summed E-state index contributed by atoms with van der Waals surface area (Å²) in [5, 5.41) is 9.40. The van der Waals surface area contributed by atoms with Crippen molar-refractivity contribution in [2.75, 3.05) is 0 Å². The van der Waals surface area contributed by atoms with Crippen molar-refractivity contribution >= 4 is 10.9 Å². The van der Waals surface area contributed by atoms with E-state index in [9.17, 15) is 0 Å². The van der Waals surface area contributed by atoms with Crippen LogP contribution in [0.5, 0.6) is 11.8 Å². The van der Waals surface area contributed by atoms with Crippen LogP contribution in [0, 0.1) is 0 Å². The van der Waals surface area contributed by atoms with Crippen LogP contribution in [0.25, 0.3) is 10.9 Å². The molecule has 5 heteroatoms. The van der Waals surface area contributed by atoms with Gasteiger partial charge >= 0.3 is 6.01 Å². The Morgan fingerprint density at radius 3 is 2.89 bits per heavy atom. The molecule has 19 heavy (non-hydrogen) atoms. The highest BCUT2D eigenvalue weighted by Gasteiger charge is 2.11. The molecule has 0 unspecified atom stereocenters. The van der Waals surface area contributed by atoms with Crippen molar-refractivity contribution in [2.45, 2.75) is 26.8 Å². The van der Waals surface area contributed by atoms with E-state index in [2.05, 4.69) is 29.0 Å². The smallest absolute Gasteiger partial charge is 0.322 e. The van der Waals surface area contributed by atoms with E-state index in [1.54, 1.807) is 0 Å². The van der Waals surface area contributed by atoms with Crippen molar-refractivity contribution < 1.29 is 4.74 Å². The Morgan fingerprint density at radius 1 is 1.21 bits per heavy atom. The molecule has 0 aliphatic heterocycles. The molecular weight excluding hydrogens is 240 g/mol. The van der Waals surface area contributed by atoms with Crippen molar-refractivity contribution in [3.63, 3.8) is 0 Å². The van der Waals surface area contributed by atoms with Crippen LogP contribution in [0.15, 0.2) is 30.5 Å². The summed E-state index contributed by atoms with van der Waals surface area (Å²) in [5.41, 5.74) is 1.05. The van der Waals surface area contributed by atoms with Gasteiger partial charge in [-0.1, -0.05) is 12.0 Å². The van der Waals surface area contributed by atoms with Crippen molar-refractivity contribution in [1.29, 1.82) is 0 Å². The summed E-state index contributed by atoms with van der Waals surface area (Å²) in [7, 11) is 0. The molecule has 2 aromatic heterocycles. The number of H-pyrrole nitrogens is 1. The zero-order valence-electron chi connectivity index (χ0n) is 11.1. The number of aryl methyl sites for hydroxylation is 1. The molecule has 0 aliphatic carbocycles. The fourth-order valence-electron chi connectivity index (χ4n) is 2.17. The molecule has 0 saturated heterocycles. The van der Waals surface area contributed by atoms with Crippen LogP contribution in [0.2, 0.25) is 0 Å².